The van der Waals surface area contributed by atoms with E-state index in [1.165, 1.54) is 0 Å². The molecule has 0 aliphatic rings. The fraction of sp³-hybridized carbons (Fsp3) is 0.182. The lowest BCUT2D eigenvalue weighted by atomic mass is 9.96. The lowest BCUT2D eigenvalue weighted by molar-refractivity contribution is 0.571. The Bertz CT molecular complexity index is 982. The van der Waals surface area contributed by atoms with E-state index in [2.05, 4.69) is 4.72 Å². The predicted molar refractivity (Wildman–Crippen MR) is 106 cm³/mol. The molecule has 0 heterocycles. The van der Waals surface area contributed by atoms with Gasteiger partial charge in [0.2, 0.25) is 10.0 Å². The van der Waals surface area contributed by atoms with Gasteiger partial charge in [-0.2, -0.15) is 0 Å². The van der Waals surface area contributed by atoms with Crippen LogP contribution >= 0.6 is 0 Å². The van der Waals surface area contributed by atoms with Crippen molar-refractivity contribution in [3.8, 4) is 0 Å². The number of hydrogen-bond donors (Lipinski definition) is 1. The van der Waals surface area contributed by atoms with Crippen LogP contribution in [0.5, 0.6) is 0 Å². The minimum absolute atomic E-state index is 0.0378. The third-order valence-electron chi connectivity index (χ3n) is 4.37. The average Bonchev–Trinajstić information content (AvgIpc) is 2.61. The van der Waals surface area contributed by atoms with Crippen molar-refractivity contribution in [1.82, 2.24) is 4.72 Å². The van der Waals surface area contributed by atoms with E-state index in [9.17, 15) is 8.42 Å². The van der Waals surface area contributed by atoms with Gasteiger partial charge in [-0.15, -0.1) is 0 Å². The molecule has 3 aromatic rings. The van der Waals surface area contributed by atoms with Crippen molar-refractivity contribution in [1.29, 1.82) is 0 Å². The van der Waals surface area contributed by atoms with E-state index in [0.29, 0.717) is 0 Å². The summed E-state index contributed by atoms with van der Waals surface area (Å²) in [6, 6.07) is 24.7. The summed E-state index contributed by atoms with van der Waals surface area (Å²) in [4.78, 5) is 0. The summed E-state index contributed by atoms with van der Waals surface area (Å²) in [6.45, 7) is 3.96. The summed E-state index contributed by atoms with van der Waals surface area (Å²) in [7, 11) is -3.51. The van der Waals surface area contributed by atoms with Crippen LogP contribution in [0.25, 0.3) is 0 Å². The Kier molecular flexibility index (Phi) is 5.55. The number of hydrogen-bond acceptors (Lipinski definition) is 2. The van der Waals surface area contributed by atoms with Crippen molar-refractivity contribution in [2.45, 2.75) is 25.6 Å². The highest BCUT2D eigenvalue weighted by Gasteiger charge is 2.22. The molecule has 0 aromatic heterocycles. The number of aryl methyl sites for hydroxylation is 2. The van der Waals surface area contributed by atoms with Crippen LogP contribution < -0.4 is 4.72 Å². The summed E-state index contributed by atoms with van der Waals surface area (Å²) < 4.78 is 28.6. The highest BCUT2D eigenvalue weighted by atomic mass is 32.2. The minimum atomic E-state index is -3.51. The zero-order valence-corrected chi connectivity index (χ0v) is 15.8. The zero-order valence-electron chi connectivity index (χ0n) is 15.0. The largest absolute Gasteiger partial charge is 0.216 e. The van der Waals surface area contributed by atoms with Crippen molar-refractivity contribution in [2.75, 3.05) is 0 Å². The van der Waals surface area contributed by atoms with Crippen LogP contribution in [-0.2, 0) is 15.8 Å². The summed E-state index contributed by atoms with van der Waals surface area (Å²) in [6.07, 6.45) is 0. The van der Waals surface area contributed by atoms with Gasteiger partial charge in [-0.3, -0.25) is 0 Å². The smallest absolute Gasteiger partial charge is 0.212 e. The van der Waals surface area contributed by atoms with E-state index in [0.717, 1.165) is 27.8 Å². The molecule has 0 fully saturated rings. The molecular formula is C22H23NO2S. The number of rotatable bonds is 6. The van der Waals surface area contributed by atoms with E-state index >= 15 is 0 Å². The molecule has 0 unspecified atom stereocenters. The van der Waals surface area contributed by atoms with Gasteiger partial charge in [0.25, 0.3) is 0 Å². The standard InChI is InChI=1S/C22H23NO2S/c1-17-9-8-11-19(15-17)16-26(24,25)23-22(20-12-4-3-5-13-20)21-14-7-6-10-18(21)2/h3-15,22-23H,16H2,1-2H3/t22-/m0/s1. The topological polar surface area (TPSA) is 46.2 Å². The van der Waals surface area contributed by atoms with Gasteiger partial charge in [-0.25, -0.2) is 13.1 Å². The molecule has 3 nitrogen and oxygen atoms in total. The maximum Gasteiger partial charge on any atom is 0.216 e. The highest BCUT2D eigenvalue weighted by molar-refractivity contribution is 7.88. The summed E-state index contributed by atoms with van der Waals surface area (Å²) in [5, 5.41) is 0. The van der Waals surface area contributed by atoms with E-state index in [1.807, 2.05) is 92.7 Å². The predicted octanol–water partition coefficient (Wildman–Crippen LogP) is 4.51. The first-order chi connectivity index (χ1) is 12.4. The second-order valence-corrected chi connectivity index (χ2v) is 8.32. The third kappa shape index (κ3) is 4.59. The van der Waals surface area contributed by atoms with Crippen LogP contribution in [0.4, 0.5) is 0 Å². The Balaban J connectivity index is 1.94. The fourth-order valence-electron chi connectivity index (χ4n) is 3.11. The summed E-state index contributed by atoms with van der Waals surface area (Å²) >= 11 is 0. The maximum atomic E-state index is 12.9. The molecule has 0 amide bonds. The molecule has 0 saturated heterocycles. The average molecular weight is 365 g/mol. The van der Waals surface area contributed by atoms with Crippen LogP contribution in [0.3, 0.4) is 0 Å². The maximum absolute atomic E-state index is 12.9. The molecule has 1 N–H and O–H groups in total. The lowest BCUT2D eigenvalue weighted by Gasteiger charge is -2.21. The van der Waals surface area contributed by atoms with Gasteiger partial charge in [0.1, 0.15) is 0 Å². The molecule has 26 heavy (non-hydrogen) atoms. The molecule has 0 bridgehead atoms. The van der Waals surface area contributed by atoms with Crippen LogP contribution in [-0.4, -0.2) is 8.42 Å². The second-order valence-electron chi connectivity index (χ2n) is 6.57. The molecule has 0 aliphatic heterocycles. The Labute approximate surface area is 155 Å². The van der Waals surface area contributed by atoms with Gasteiger partial charge in [-0.05, 0) is 36.1 Å². The molecule has 0 aliphatic carbocycles. The zero-order chi connectivity index (χ0) is 18.6. The van der Waals surface area contributed by atoms with Crippen molar-refractivity contribution in [3.63, 3.8) is 0 Å². The molecule has 3 rings (SSSR count). The fourth-order valence-corrected chi connectivity index (χ4v) is 4.43. The van der Waals surface area contributed by atoms with Crippen molar-refractivity contribution < 1.29 is 8.42 Å². The van der Waals surface area contributed by atoms with Crippen molar-refractivity contribution in [3.05, 3.63) is 107 Å². The highest BCUT2D eigenvalue weighted by Crippen LogP contribution is 2.26. The van der Waals surface area contributed by atoms with Gasteiger partial charge in [0.15, 0.2) is 0 Å². The van der Waals surface area contributed by atoms with Crippen molar-refractivity contribution in [2.24, 2.45) is 0 Å². The minimum Gasteiger partial charge on any atom is -0.212 e. The molecule has 4 heteroatoms. The summed E-state index contributed by atoms with van der Waals surface area (Å²) in [5.74, 6) is -0.0378. The Hall–Kier alpha value is -2.43. The van der Waals surface area contributed by atoms with Gasteiger partial charge in [-0.1, -0.05) is 84.4 Å². The molecule has 0 saturated carbocycles. The Morgan fingerprint density at radius 2 is 1.54 bits per heavy atom. The quantitative estimate of drug-likeness (QED) is 0.698. The molecule has 134 valence electrons. The Morgan fingerprint density at radius 1 is 0.846 bits per heavy atom. The second kappa shape index (κ2) is 7.85. The first kappa shape index (κ1) is 18.4. The monoisotopic (exact) mass is 365 g/mol. The van der Waals surface area contributed by atoms with E-state index in [4.69, 9.17) is 0 Å². The molecular weight excluding hydrogens is 342 g/mol. The molecule has 0 radical (unpaired) electrons. The molecule has 0 spiro atoms. The third-order valence-corrected chi connectivity index (χ3v) is 5.68. The first-order valence-corrected chi connectivity index (χ1v) is 10.3. The van der Waals surface area contributed by atoms with Gasteiger partial charge in [0, 0.05) is 0 Å². The van der Waals surface area contributed by atoms with Crippen LogP contribution in [0.15, 0.2) is 78.9 Å². The van der Waals surface area contributed by atoms with Crippen LogP contribution in [0.1, 0.15) is 33.9 Å². The van der Waals surface area contributed by atoms with E-state index in [-0.39, 0.29) is 5.75 Å². The molecule has 1 atom stereocenters. The first-order valence-electron chi connectivity index (χ1n) is 8.61. The van der Waals surface area contributed by atoms with Gasteiger partial charge in [0.05, 0.1) is 11.8 Å². The van der Waals surface area contributed by atoms with Crippen LogP contribution in [0.2, 0.25) is 0 Å². The molecule has 3 aromatic carbocycles. The van der Waals surface area contributed by atoms with Gasteiger partial charge < -0.3 is 0 Å². The number of nitrogens with one attached hydrogen (secondary N) is 1. The number of sulfonamides is 1. The normalized spacial score (nSPS) is 12.7. The Morgan fingerprint density at radius 3 is 2.23 bits per heavy atom. The van der Waals surface area contributed by atoms with Crippen LogP contribution in [0, 0.1) is 13.8 Å². The van der Waals surface area contributed by atoms with E-state index in [1.54, 1.807) is 0 Å². The number of benzene rings is 3. The SMILES string of the molecule is Cc1cccc(CS(=O)(=O)N[C@@H](c2ccccc2)c2ccccc2C)c1. The van der Waals surface area contributed by atoms with Gasteiger partial charge >= 0.3 is 0 Å². The lowest BCUT2D eigenvalue weighted by Crippen LogP contribution is -2.31. The summed E-state index contributed by atoms with van der Waals surface area (Å²) in [5.41, 5.74) is 4.78. The van der Waals surface area contributed by atoms with E-state index < -0.39 is 16.1 Å². The van der Waals surface area contributed by atoms with Crippen molar-refractivity contribution >= 4 is 10.0 Å².